The Morgan fingerprint density at radius 3 is 2.21 bits per heavy atom. The summed E-state index contributed by atoms with van der Waals surface area (Å²) in [7, 11) is -3.87. The Morgan fingerprint density at radius 1 is 1.15 bits per heavy atom. The number of non-ortho nitro benzene ring substituents is 1. The molecule has 0 amide bonds. The topological polar surface area (TPSA) is 148 Å². The molecule has 182 valence electrons. The largest absolute Gasteiger partial charge is 0.463 e. The van der Waals surface area contributed by atoms with Gasteiger partial charge in [0.15, 0.2) is 0 Å². The normalized spacial score (nSPS) is 20.3. The molecule has 1 aliphatic rings. The fourth-order valence-corrected chi connectivity index (χ4v) is 3.87. The van der Waals surface area contributed by atoms with E-state index < -0.39 is 51.4 Å². The first-order chi connectivity index (χ1) is 15.5. The van der Waals surface area contributed by atoms with Gasteiger partial charge >= 0.3 is 11.9 Å². The number of carbonyl (C=O) groups excluding carboxylic acids is 2. The summed E-state index contributed by atoms with van der Waals surface area (Å²) >= 11 is 0. The van der Waals surface area contributed by atoms with Crippen LogP contribution in [-0.4, -0.2) is 62.6 Å². The average Bonchev–Trinajstić information content (AvgIpc) is 3.00. The summed E-state index contributed by atoms with van der Waals surface area (Å²) in [5, 5.41) is 10.8. The number of rotatable bonds is 10. The molecule has 0 spiro atoms. The van der Waals surface area contributed by atoms with Crippen LogP contribution >= 0.6 is 0 Å². The molecule has 0 saturated carbocycles. The molecule has 0 radical (unpaired) electrons. The molecule has 11 nitrogen and oxygen atoms in total. The molecule has 1 aromatic carbocycles. The van der Waals surface area contributed by atoms with Crippen molar-refractivity contribution in [3.63, 3.8) is 0 Å². The summed E-state index contributed by atoms with van der Waals surface area (Å²) in [5.41, 5.74) is -0.00345. The Bertz CT molecular complexity index is 973. The molecule has 0 fully saturated rings. The minimum absolute atomic E-state index is 0.146. The van der Waals surface area contributed by atoms with Crippen LogP contribution in [0.4, 0.5) is 5.69 Å². The van der Waals surface area contributed by atoms with Crippen LogP contribution in [0.1, 0.15) is 43.5 Å². The molecule has 1 heterocycles. The Balaban J connectivity index is 2.15. The van der Waals surface area contributed by atoms with E-state index in [0.29, 0.717) is 19.3 Å². The first-order valence-corrected chi connectivity index (χ1v) is 12.1. The monoisotopic (exact) mass is 485 g/mol. The summed E-state index contributed by atoms with van der Waals surface area (Å²) in [5.74, 6) is -1.27. The Kier molecular flexibility index (Phi) is 9.50. The van der Waals surface area contributed by atoms with Gasteiger partial charge in [0.1, 0.15) is 18.8 Å². The van der Waals surface area contributed by atoms with E-state index in [-0.39, 0.29) is 17.9 Å². The zero-order valence-corrected chi connectivity index (χ0v) is 19.4. The van der Waals surface area contributed by atoms with E-state index in [0.717, 1.165) is 6.26 Å². The number of nitrogens with zero attached hydrogens (tertiary/aromatic N) is 1. The number of nitro benzene ring substituents is 1. The van der Waals surface area contributed by atoms with E-state index in [9.17, 15) is 28.1 Å². The molecule has 0 bridgehead atoms. The van der Waals surface area contributed by atoms with Gasteiger partial charge in [-0.2, -0.15) is 8.42 Å². The molecule has 0 unspecified atom stereocenters. The van der Waals surface area contributed by atoms with E-state index in [2.05, 4.69) is 0 Å². The number of benzene rings is 1. The van der Waals surface area contributed by atoms with E-state index in [4.69, 9.17) is 18.4 Å². The maximum Gasteiger partial charge on any atom is 0.338 e. The third-order valence-corrected chi connectivity index (χ3v) is 5.40. The molecule has 2 rings (SSSR count). The molecule has 1 aliphatic heterocycles. The van der Waals surface area contributed by atoms with Crippen molar-refractivity contribution in [1.82, 2.24) is 0 Å². The Morgan fingerprint density at radius 2 is 1.73 bits per heavy atom. The molecule has 1 aromatic rings. The zero-order valence-electron chi connectivity index (χ0n) is 18.5. The standard InChI is InChI=1S/C21H27NO10S/c1-4-17(31-21(24)15-9-11-16(12-10-15)22(25)26)18-7-5-6-8-19(30-18)20(13-29-14(2)23)32-33(3,27)28/h5-6,9-12,17-20H,4,7-8,13H2,1-3H3/t17-,18+,19-,20-/m1/s1. The summed E-state index contributed by atoms with van der Waals surface area (Å²) in [6.07, 6.45) is 2.41. The summed E-state index contributed by atoms with van der Waals surface area (Å²) in [6.45, 7) is 2.66. The minimum Gasteiger partial charge on any atom is -0.463 e. The van der Waals surface area contributed by atoms with Gasteiger partial charge in [0, 0.05) is 19.1 Å². The van der Waals surface area contributed by atoms with Gasteiger partial charge in [-0.1, -0.05) is 19.1 Å². The first-order valence-electron chi connectivity index (χ1n) is 10.3. The van der Waals surface area contributed by atoms with Crippen LogP contribution in [0.2, 0.25) is 0 Å². The lowest BCUT2D eigenvalue weighted by Crippen LogP contribution is -2.42. The van der Waals surface area contributed by atoms with E-state index >= 15 is 0 Å². The predicted molar refractivity (Wildman–Crippen MR) is 116 cm³/mol. The van der Waals surface area contributed by atoms with Crippen molar-refractivity contribution in [2.75, 3.05) is 12.9 Å². The van der Waals surface area contributed by atoms with Gasteiger partial charge in [0.05, 0.1) is 29.0 Å². The molecule has 12 heteroatoms. The van der Waals surface area contributed by atoms with E-state index in [1.54, 1.807) is 13.0 Å². The number of hydrogen-bond acceptors (Lipinski definition) is 10. The van der Waals surface area contributed by atoms with E-state index in [1.165, 1.54) is 31.2 Å². The quantitative estimate of drug-likeness (QED) is 0.159. The Hall–Kier alpha value is -2.83. The number of esters is 2. The van der Waals surface area contributed by atoms with Crippen molar-refractivity contribution >= 4 is 27.7 Å². The number of nitro groups is 1. The van der Waals surface area contributed by atoms with E-state index in [1.807, 2.05) is 6.08 Å². The number of hydrogen-bond donors (Lipinski definition) is 0. The fraction of sp³-hybridized carbons (Fsp3) is 0.524. The van der Waals surface area contributed by atoms with Crippen LogP contribution in [0, 0.1) is 10.1 Å². The van der Waals surface area contributed by atoms with Crippen molar-refractivity contribution < 1.29 is 41.3 Å². The lowest BCUT2D eigenvalue weighted by atomic mass is 10.1. The second kappa shape index (κ2) is 11.9. The predicted octanol–water partition coefficient (Wildman–Crippen LogP) is 2.54. The van der Waals surface area contributed by atoms with Crippen LogP contribution in [0.15, 0.2) is 36.4 Å². The second-order valence-electron chi connectivity index (χ2n) is 7.45. The summed E-state index contributed by atoms with van der Waals surface area (Å²) in [4.78, 5) is 34.0. The molecular formula is C21H27NO10S. The third kappa shape index (κ3) is 8.56. The van der Waals surface area contributed by atoms with Gasteiger partial charge in [-0.25, -0.2) is 4.79 Å². The van der Waals surface area contributed by atoms with Crippen molar-refractivity contribution in [3.8, 4) is 0 Å². The lowest BCUT2D eigenvalue weighted by molar-refractivity contribution is -0.384. The van der Waals surface area contributed by atoms with Crippen LogP contribution < -0.4 is 0 Å². The third-order valence-electron chi connectivity index (χ3n) is 4.81. The highest BCUT2D eigenvalue weighted by Crippen LogP contribution is 2.25. The van der Waals surface area contributed by atoms with Crippen LogP contribution in [0.5, 0.6) is 0 Å². The van der Waals surface area contributed by atoms with Crippen LogP contribution in [0.3, 0.4) is 0 Å². The zero-order chi connectivity index (χ0) is 24.6. The summed E-state index contributed by atoms with van der Waals surface area (Å²) < 4.78 is 45.1. The highest BCUT2D eigenvalue weighted by atomic mass is 32.2. The fourth-order valence-electron chi connectivity index (χ4n) is 3.24. The van der Waals surface area contributed by atoms with Gasteiger partial charge in [-0.05, 0) is 31.4 Å². The SMILES string of the molecule is CC[C@@H](OC(=O)c1ccc([N+](=O)[O-])cc1)[C@@H]1CC=CC[C@H]([C@@H](COC(C)=O)OS(C)(=O)=O)O1. The lowest BCUT2D eigenvalue weighted by Gasteiger charge is -2.31. The van der Waals surface area contributed by atoms with Gasteiger partial charge in [0.2, 0.25) is 0 Å². The van der Waals surface area contributed by atoms with Gasteiger partial charge in [-0.3, -0.25) is 19.1 Å². The molecule has 4 atom stereocenters. The summed E-state index contributed by atoms with van der Waals surface area (Å²) in [6, 6.07) is 5.03. The smallest absolute Gasteiger partial charge is 0.338 e. The second-order valence-corrected chi connectivity index (χ2v) is 9.05. The average molecular weight is 486 g/mol. The van der Waals surface area contributed by atoms with Gasteiger partial charge in [0.25, 0.3) is 15.8 Å². The highest BCUT2D eigenvalue weighted by Gasteiger charge is 2.34. The van der Waals surface area contributed by atoms with Crippen molar-refractivity contribution in [3.05, 3.63) is 52.1 Å². The van der Waals surface area contributed by atoms with Crippen molar-refractivity contribution in [2.45, 2.75) is 57.5 Å². The maximum atomic E-state index is 12.6. The van der Waals surface area contributed by atoms with Gasteiger partial charge in [-0.15, -0.1) is 0 Å². The molecule has 0 aliphatic carbocycles. The van der Waals surface area contributed by atoms with Crippen LogP contribution in [0.25, 0.3) is 0 Å². The number of carbonyl (C=O) groups is 2. The van der Waals surface area contributed by atoms with Crippen molar-refractivity contribution in [2.24, 2.45) is 0 Å². The number of ether oxygens (including phenoxy) is 3. The molecule has 33 heavy (non-hydrogen) atoms. The molecule has 0 saturated heterocycles. The molecule has 0 aromatic heterocycles. The maximum absolute atomic E-state index is 12.6. The molecular weight excluding hydrogens is 458 g/mol. The molecule has 0 N–H and O–H groups in total. The van der Waals surface area contributed by atoms with Crippen molar-refractivity contribution in [1.29, 1.82) is 0 Å². The highest BCUT2D eigenvalue weighted by molar-refractivity contribution is 7.86. The minimum atomic E-state index is -3.87. The van der Waals surface area contributed by atoms with Crippen LogP contribution in [-0.2, 0) is 33.3 Å². The first kappa shape index (κ1) is 26.4. The Labute approximate surface area is 191 Å². The van der Waals surface area contributed by atoms with Gasteiger partial charge < -0.3 is 14.2 Å².